The van der Waals surface area contributed by atoms with Gasteiger partial charge in [0, 0.05) is 0 Å². The molecule has 0 fully saturated rings. The van der Waals surface area contributed by atoms with Crippen molar-refractivity contribution in [1.82, 2.24) is 0 Å². The molecule has 0 heterocycles. The number of hydrogen-bond donors (Lipinski definition) is 0. The molecule has 0 aliphatic heterocycles. The quantitative estimate of drug-likeness (QED) is 0.384. The lowest BCUT2D eigenvalue weighted by atomic mass is 10.2. The third-order valence-electron chi connectivity index (χ3n) is 3.57. The molecule has 1 rings (SSSR count). The van der Waals surface area contributed by atoms with Crippen molar-refractivity contribution in [1.29, 1.82) is 0 Å². The van der Waals surface area contributed by atoms with Crippen LogP contribution < -0.4 is 0 Å². The Morgan fingerprint density at radius 3 is 1.94 bits per heavy atom. The van der Waals surface area contributed by atoms with E-state index in [0.717, 1.165) is 31.0 Å². The Morgan fingerprint density at radius 2 is 1.50 bits per heavy atom. The maximum Gasteiger partial charge on any atom is 0.0973 e. The Kier molecular flexibility index (Phi) is 5.86. The molecule has 0 N–H and O–H groups in total. The van der Waals surface area contributed by atoms with E-state index in [1.807, 2.05) is 6.08 Å². The minimum atomic E-state index is -1.54. The Balaban J connectivity index is 3.01. The summed E-state index contributed by atoms with van der Waals surface area (Å²) in [5.41, 5.74) is 1.48. The Hall–Kier alpha value is -1.34. The second-order valence-corrected chi connectivity index (χ2v) is 9.28. The van der Waals surface area contributed by atoms with Gasteiger partial charge in [0.15, 0.2) is 0 Å². The predicted molar refractivity (Wildman–Crippen MR) is 86.4 cm³/mol. The van der Waals surface area contributed by atoms with Crippen molar-refractivity contribution in [3.05, 3.63) is 73.5 Å². The molecule has 0 radical (unpaired) electrons. The summed E-state index contributed by atoms with van der Waals surface area (Å²) in [6.07, 6.45) is 15.1. The largest absolute Gasteiger partial charge is 0.103 e. The van der Waals surface area contributed by atoms with Crippen molar-refractivity contribution >= 4 is 8.07 Å². The van der Waals surface area contributed by atoms with Gasteiger partial charge in [-0.25, -0.2) is 0 Å². The standard InChI is InChI=1S/C17H24Si/c1-5-9-16-10-11-17(15-16)18(12-6-2,13-7-3)14-8-4/h5-8,11,15H,1-4,9-10,12-14H2. The summed E-state index contributed by atoms with van der Waals surface area (Å²) in [6, 6.07) is 3.32. The summed E-state index contributed by atoms with van der Waals surface area (Å²) in [5, 5.41) is 1.55. The first kappa shape index (κ1) is 14.7. The second kappa shape index (κ2) is 7.17. The highest BCUT2D eigenvalue weighted by molar-refractivity contribution is 6.88. The zero-order chi connectivity index (χ0) is 13.4. The zero-order valence-corrected chi connectivity index (χ0v) is 12.3. The van der Waals surface area contributed by atoms with E-state index in [-0.39, 0.29) is 0 Å². The first-order chi connectivity index (χ1) is 8.72. The van der Waals surface area contributed by atoms with E-state index in [2.05, 4.69) is 56.7 Å². The molecule has 0 saturated carbocycles. The molecule has 0 amide bonds. The SMILES string of the molecule is C=CCC1=CC([Si](CC=C)(CC=C)CC=C)=CC1. The summed E-state index contributed by atoms with van der Waals surface area (Å²) >= 11 is 0. The van der Waals surface area contributed by atoms with Gasteiger partial charge in [-0.2, -0.15) is 0 Å². The van der Waals surface area contributed by atoms with E-state index >= 15 is 0 Å². The molecule has 1 heteroatoms. The van der Waals surface area contributed by atoms with Crippen LogP contribution in [0.1, 0.15) is 12.8 Å². The minimum absolute atomic E-state index is 1.00. The maximum atomic E-state index is 3.94. The van der Waals surface area contributed by atoms with Crippen LogP contribution in [-0.2, 0) is 0 Å². The Morgan fingerprint density at radius 1 is 0.944 bits per heavy atom. The molecule has 96 valence electrons. The summed E-state index contributed by atoms with van der Waals surface area (Å²) in [4.78, 5) is 0. The molecule has 0 aromatic rings. The van der Waals surface area contributed by atoms with E-state index in [1.165, 1.54) is 5.57 Å². The van der Waals surface area contributed by atoms with Crippen LogP contribution in [0.2, 0.25) is 18.1 Å². The highest BCUT2D eigenvalue weighted by atomic mass is 28.3. The highest BCUT2D eigenvalue weighted by Crippen LogP contribution is 2.36. The first-order valence-electron chi connectivity index (χ1n) is 6.56. The molecule has 18 heavy (non-hydrogen) atoms. The van der Waals surface area contributed by atoms with Crippen LogP contribution in [0.4, 0.5) is 0 Å². The molecule has 1 aliphatic rings. The van der Waals surface area contributed by atoms with Crippen LogP contribution in [0.5, 0.6) is 0 Å². The van der Waals surface area contributed by atoms with E-state index < -0.39 is 8.07 Å². The molecule has 0 nitrogen and oxygen atoms in total. The average molecular weight is 256 g/mol. The smallest absolute Gasteiger partial charge is 0.0973 e. The van der Waals surface area contributed by atoms with Gasteiger partial charge in [0.2, 0.25) is 0 Å². The van der Waals surface area contributed by atoms with Crippen molar-refractivity contribution in [3.8, 4) is 0 Å². The van der Waals surface area contributed by atoms with Crippen LogP contribution in [0.25, 0.3) is 0 Å². The fourth-order valence-corrected chi connectivity index (χ4v) is 6.62. The average Bonchev–Trinajstić information content (AvgIpc) is 2.79. The molecule has 0 bridgehead atoms. The molecule has 0 atom stereocenters. The lowest BCUT2D eigenvalue weighted by molar-refractivity contribution is 1.14. The van der Waals surface area contributed by atoms with Crippen molar-refractivity contribution in [2.75, 3.05) is 0 Å². The Labute approximate surface area is 113 Å². The van der Waals surface area contributed by atoms with Crippen LogP contribution in [0, 0.1) is 0 Å². The van der Waals surface area contributed by atoms with Crippen LogP contribution in [0.15, 0.2) is 73.5 Å². The van der Waals surface area contributed by atoms with Gasteiger partial charge in [0.1, 0.15) is 0 Å². The van der Waals surface area contributed by atoms with Gasteiger partial charge in [0.25, 0.3) is 0 Å². The monoisotopic (exact) mass is 256 g/mol. The molecular weight excluding hydrogens is 232 g/mol. The lowest BCUT2D eigenvalue weighted by Gasteiger charge is -2.29. The topological polar surface area (TPSA) is 0 Å². The van der Waals surface area contributed by atoms with E-state index in [4.69, 9.17) is 0 Å². The fraction of sp³-hybridized carbons (Fsp3) is 0.294. The number of allylic oxidation sites excluding steroid dienone is 8. The minimum Gasteiger partial charge on any atom is -0.103 e. The first-order valence-corrected chi connectivity index (χ1v) is 9.18. The molecule has 0 aromatic heterocycles. The van der Waals surface area contributed by atoms with E-state index in [1.54, 1.807) is 5.20 Å². The van der Waals surface area contributed by atoms with Crippen LogP contribution >= 0.6 is 0 Å². The second-order valence-electron chi connectivity index (χ2n) is 4.92. The molecule has 0 aromatic carbocycles. The molecular formula is C17H24Si. The highest BCUT2D eigenvalue weighted by Gasteiger charge is 2.33. The van der Waals surface area contributed by atoms with Crippen molar-refractivity contribution < 1.29 is 0 Å². The van der Waals surface area contributed by atoms with Gasteiger partial charge in [-0.1, -0.05) is 47.2 Å². The van der Waals surface area contributed by atoms with Gasteiger partial charge >= 0.3 is 0 Å². The summed E-state index contributed by atoms with van der Waals surface area (Å²) < 4.78 is 0. The van der Waals surface area contributed by atoms with Crippen LogP contribution in [0.3, 0.4) is 0 Å². The molecule has 0 spiro atoms. The normalized spacial score (nSPS) is 14.7. The Bertz CT molecular complexity index is 369. The summed E-state index contributed by atoms with van der Waals surface area (Å²) in [6.45, 7) is 15.6. The molecule has 1 aliphatic carbocycles. The van der Waals surface area contributed by atoms with Crippen molar-refractivity contribution in [3.63, 3.8) is 0 Å². The fourth-order valence-electron chi connectivity index (χ4n) is 2.71. The summed E-state index contributed by atoms with van der Waals surface area (Å²) in [7, 11) is -1.54. The van der Waals surface area contributed by atoms with E-state index in [0.29, 0.717) is 0 Å². The number of rotatable bonds is 9. The van der Waals surface area contributed by atoms with Gasteiger partial charge in [0.05, 0.1) is 8.07 Å². The third kappa shape index (κ3) is 3.33. The lowest BCUT2D eigenvalue weighted by Crippen LogP contribution is -2.34. The van der Waals surface area contributed by atoms with Gasteiger partial charge in [-0.15, -0.1) is 26.3 Å². The molecule has 0 unspecified atom stereocenters. The van der Waals surface area contributed by atoms with Gasteiger partial charge < -0.3 is 0 Å². The van der Waals surface area contributed by atoms with Crippen LogP contribution in [-0.4, -0.2) is 8.07 Å². The van der Waals surface area contributed by atoms with Gasteiger partial charge in [-0.05, 0) is 31.0 Å². The predicted octanol–water partition coefficient (Wildman–Crippen LogP) is 5.37. The zero-order valence-electron chi connectivity index (χ0n) is 11.3. The van der Waals surface area contributed by atoms with Gasteiger partial charge in [-0.3, -0.25) is 0 Å². The maximum absolute atomic E-state index is 3.94. The van der Waals surface area contributed by atoms with E-state index in [9.17, 15) is 0 Å². The number of hydrogen-bond acceptors (Lipinski definition) is 0. The van der Waals surface area contributed by atoms with Crippen molar-refractivity contribution in [2.45, 2.75) is 31.0 Å². The third-order valence-corrected chi connectivity index (χ3v) is 8.35. The summed E-state index contributed by atoms with van der Waals surface area (Å²) in [5.74, 6) is 0. The van der Waals surface area contributed by atoms with Crippen molar-refractivity contribution in [2.24, 2.45) is 0 Å². The molecule has 0 saturated heterocycles.